The van der Waals surface area contributed by atoms with Crippen molar-refractivity contribution >= 4 is 16.8 Å². The second kappa shape index (κ2) is 8.10. The molecule has 0 aliphatic rings. The molecular formula is C20H22FN3O2. The van der Waals surface area contributed by atoms with Crippen molar-refractivity contribution in [3.63, 3.8) is 0 Å². The maximum Gasteiger partial charge on any atom is 0.227 e. The molecule has 0 saturated heterocycles. The summed E-state index contributed by atoms with van der Waals surface area (Å²) in [6.45, 7) is 3.27. The minimum atomic E-state index is -0.309. The Kier molecular flexibility index (Phi) is 5.63. The molecule has 1 amide bonds. The number of halogens is 1. The number of nitrogens with zero attached hydrogens (tertiary/aromatic N) is 2. The Morgan fingerprint density at radius 3 is 2.88 bits per heavy atom. The Morgan fingerprint density at radius 1 is 1.31 bits per heavy atom. The Bertz CT molecular complexity index is 893. The van der Waals surface area contributed by atoms with Crippen LogP contribution >= 0.6 is 0 Å². The van der Waals surface area contributed by atoms with Crippen LogP contribution in [-0.2, 0) is 22.5 Å². The summed E-state index contributed by atoms with van der Waals surface area (Å²) in [4.78, 5) is 21.8. The Balaban J connectivity index is 1.83. The molecule has 0 radical (unpaired) electrons. The largest absolute Gasteiger partial charge is 0.383 e. The van der Waals surface area contributed by atoms with Gasteiger partial charge in [0.25, 0.3) is 0 Å². The van der Waals surface area contributed by atoms with Crippen molar-refractivity contribution in [2.75, 3.05) is 20.3 Å². The van der Waals surface area contributed by atoms with Gasteiger partial charge in [0, 0.05) is 43.7 Å². The van der Waals surface area contributed by atoms with Gasteiger partial charge in [-0.05, 0) is 30.2 Å². The van der Waals surface area contributed by atoms with E-state index < -0.39 is 0 Å². The quantitative estimate of drug-likeness (QED) is 0.708. The number of pyridine rings is 1. The summed E-state index contributed by atoms with van der Waals surface area (Å²) in [6, 6.07) is 8.70. The predicted molar refractivity (Wildman–Crippen MR) is 98.2 cm³/mol. The van der Waals surface area contributed by atoms with Gasteiger partial charge in [-0.3, -0.25) is 9.78 Å². The molecule has 3 rings (SSSR count). The molecule has 0 unspecified atom stereocenters. The van der Waals surface area contributed by atoms with Crippen molar-refractivity contribution in [2.24, 2.45) is 0 Å². The smallest absolute Gasteiger partial charge is 0.227 e. The van der Waals surface area contributed by atoms with E-state index in [9.17, 15) is 9.18 Å². The number of amides is 1. The van der Waals surface area contributed by atoms with Crippen molar-refractivity contribution < 1.29 is 13.9 Å². The van der Waals surface area contributed by atoms with Crippen LogP contribution in [0.2, 0.25) is 0 Å². The topological polar surface area (TPSA) is 58.2 Å². The Hall–Kier alpha value is -2.73. The number of para-hydroxylation sites is 1. The van der Waals surface area contributed by atoms with Gasteiger partial charge in [0.15, 0.2) is 0 Å². The van der Waals surface area contributed by atoms with E-state index in [4.69, 9.17) is 4.74 Å². The zero-order valence-electron chi connectivity index (χ0n) is 15.0. The molecule has 136 valence electrons. The number of aromatic nitrogens is 2. The summed E-state index contributed by atoms with van der Waals surface area (Å²) in [7, 11) is 1.61. The van der Waals surface area contributed by atoms with Crippen LogP contribution in [0.5, 0.6) is 0 Å². The molecule has 26 heavy (non-hydrogen) atoms. The molecule has 1 aromatic carbocycles. The maximum absolute atomic E-state index is 14.0. The van der Waals surface area contributed by atoms with Crippen LogP contribution in [-0.4, -0.2) is 41.0 Å². The van der Waals surface area contributed by atoms with E-state index in [-0.39, 0.29) is 18.1 Å². The summed E-state index contributed by atoms with van der Waals surface area (Å²) in [5.41, 5.74) is 3.05. The summed E-state index contributed by atoms with van der Waals surface area (Å²) in [5, 5.41) is 0.754. The molecule has 0 saturated carbocycles. The van der Waals surface area contributed by atoms with Crippen LogP contribution in [0.3, 0.4) is 0 Å². The minimum Gasteiger partial charge on any atom is -0.383 e. The number of hydrogen-bond acceptors (Lipinski definition) is 3. The standard InChI is InChI=1S/C20H22FN3O2/c1-14-17(16-6-3-7-18(21)20(16)23-14)11-19(25)24(9-10-26-2)13-15-5-4-8-22-12-15/h3-8,12,23H,9-11,13H2,1-2H3. The van der Waals surface area contributed by atoms with Gasteiger partial charge in [-0.2, -0.15) is 0 Å². The summed E-state index contributed by atoms with van der Waals surface area (Å²) < 4.78 is 19.1. The van der Waals surface area contributed by atoms with Crippen molar-refractivity contribution in [1.82, 2.24) is 14.9 Å². The number of methoxy groups -OCH3 is 1. The molecule has 5 nitrogen and oxygen atoms in total. The molecule has 0 spiro atoms. The third-order valence-electron chi connectivity index (χ3n) is 4.45. The van der Waals surface area contributed by atoms with Gasteiger partial charge in [0.05, 0.1) is 18.5 Å². The molecule has 0 aliphatic carbocycles. The van der Waals surface area contributed by atoms with Gasteiger partial charge < -0.3 is 14.6 Å². The highest BCUT2D eigenvalue weighted by Gasteiger charge is 2.19. The maximum atomic E-state index is 14.0. The van der Waals surface area contributed by atoms with E-state index in [1.165, 1.54) is 6.07 Å². The molecule has 1 N–H and O–H groups in total. The number of rotatable bonds is 7. The van der Waals surface area contributed by atoms with Gasteiger partial charge in [0.1, 0.15) is 5.82 Å². The van der Waals surface area contributed by atoms with Crippen molar-refractivity contribution in [3.8, 4) is 0 Å². The molecule has 0 atom stereocenters. The summed E-state index contributed by atoms with van der Waals surface area (Å²) in [6.07, 6.45) is 3.66. The fourth-order valence-electron chi connectivity index (χ4n) is 3.06. The van der Waals surface area contributed by atoms with Gasteiger partial charge in [-0.15, -0.1) is 0 Å². The van der Waals surface area contributed by atoms with E-state index in [0.717, 1.165) is 22.2 Å². The fraction of sp³-hybridized carbons (Fsp3) is 0.300. The minimum absolute atomic E-state index is 0.0286. The van der Waals surface area contributed by atoms with E-state index in [1.807, 2.05) is 25.1 Å². The summed E-state index contributed by atoms with van der Waals surface area (Å²) in [5.74, 6) is -0.338. The lowest BCUT2D eigenvalue weighted by atomic mass is 10.1. The first-order valence-corrected chi connectivity index (χ1v) is 8.51. The molecule has 0 fully saturated rings. The van der Waals surface area contributed by atoms with Crippen molar-refractivity contribution in [2.45, 2.75) is 19.9 Å². The molecule has 2 heterocycles. The third kappa shape index (κ3) is 3.91. The van der Waals surface area contributed by atoms with Crippen LogP contribution in [0.1, 0.15) is 16.8 Å². The van der Waals surface area contributed by atoms with E-state index in [2.05, 4.69) is 9.97 Å². The van der Waals surface area contributed by atoms with Gasteiger partial charge in [-0.25, -0.2) is 4.39 Å². The van der Waals surface area contributed by atoms with Crippen molar-refractivity contribution in [1.29, 1.82) is 0 Å². The number of fused-ring (bicyclic) bond motifs is 1. The number of nitrogens with one attached hydrogen (secondary N) is 1. The SMILES string of the molecule is COCCN(Cc1cccnc1)C(=O)Cc1c(C)[nH]c2c(F)cccc12. The van der Waals surface area contributed by atoms with Gasteiger partial charge >= 0.3 is 0 Å². The summed E-state index contributed by atoms with van der Waals surface area (Å²) >= 11 is 0. The second-order valence-electron chi connectivity index (χ2n) is 6.24. The molecule has 0 aliphatic heterocycles. The zero-order chi connectivity index (χ0) is 18.5. The lowest BCUT2D eigenvalue weighted by molar-refractivity contribution is -0.131. The number of H-pyrrole nitrogens is 1. The highest BCUT2D eigenvalue weighted by atomic mass is 19.1. The Labute approximate surface area is 151 Å². The second-order valence-corrected chi connectivity index (χ2v) is 6.24. The highest BCUT2D eigenvalue weighted by molar-refractivity contribution is 5.90. The lowest BCUT2D eigenvalue weighted by Crippen LogP contribution is -2.34. The zero-order valence-corrected chi connectivity index (χ0v) is 15.0. The van der Waals surface area contributed by atoms with Crippen LogP contribution in [0.15, 0.2) is 42.7 Å². The molecule has 6 heteroatoms. The normalized spacial score (nSPS) is 11.0. The van der Waals surface area contributed by atoms with E-state index in [0.29, 0.717) is 25.2 Å². The first kappa shape index (κ1) is 18.1. The number of carbonyl (C=O) groups is 1. The van der Waals surface area contributed by atoms with Crippen LogP contribution in [0.4, 0.5) is 4.39 Å². The third-order valence-corrected chi connectivity index (χ3v) is 4.45. The van der Waals surface area contributed by atoms with E-state index in [1.54, 1.807) is 30.5 Å². The number of aryl methyl sites for hydroxylation is 1. The average Bonchev–Trinajstić information content (AvgIpc) is 2.96. The Morgan fingerprint density at radius 2 is 2.15 bits per heavy atom. The molecule has 2 aromatic heterocycles. The first-order valence-electron chi connectivity index (χ1n) is 8.51. The molecular weight excluding hydrogens is 333 g/mol. The number of ether oxygens (including phenoxy) is 1. The molecule has 0 bridgehead atoms. The number of hydrogen-bond donors (Lipinski definition) is 1. The fourth-order valence-corrected chi connectivity index (χ4v) is 3.06. The van der Waals surface area contributed by atoms with Gasteiger partial charge in [-0.1, -0.05) is 18.2 Å². The lowest BCUT2D eigenvalue weighted by Gasteiger charge is -2.22. The van der Waals surface area contributed by atoms with Crippen molar-refractivity contribution in [3.05, 3.63) is 65.4 Å². The number of benzene rings is 1. The van der Waals surface area contributed by atoms with Gasteiger partial charge in [0.2, 0.25) is 5.91 Å². The first-order chi connectivity index (χ1) is 12.6. The predicted octanol–water partition coefficient (Wildman–Crippen LogP) is 3.23. The van der Waals surface area contributed by atoms with Crippen LogP contribution in [0.25, 0.3) is 10.9 Å². The number of aromatic amines is 1. The number of carbonyl (C=O) groups excluding carboxylic acids is 1. The average molecular weight is 355 g/mol. The van der Waals surface area contributed by atoms with Crippen LogP contribution < -0.4 is 0 Å². The van der Waals surface area contributed by atoms with Crippen LogP contribution in [0, 0.1) is 12.7 Å². The molecule has 3 aromatic rings. The monoisotopic (exact) mass is 355 g/mol. The van der Waals surface area contributed by atoms with E-state index >= 15 is 0 Å². The highest BCUT2D eigenvalue weighted by Crippen LogP contribution is 2.25.